The molecule has 0 spiro atoms. The van der Waals surface area contributed by atoms with Crippen LogP contribution in [0.3, 0.4) is 0 Å². The summed E-state index contributed by atoms with van der Waals surface area (Å²) in [6.07, 6.45) is 4.99. The molecule has 1 aliphatic rings. The van der Waals surface area contributed by atoms with E-state index in [4.69, 9.17) is 22.4 Å². The Morgan fingerprint density at radius 1 is 1.35 bits per heavy atom. The van der Waals surface area contributed by atoms with Gasteiger partial charge in [0.1, 0.15) is 21.7 Å². The molecule has 3 N–H and O–H groups in total. The highest BCUT2D eigenvalue weighted by atomic mass is 32.2. The van der Waals surface area contributed by atoms with E-state index in [1.54, 1.807) is 36.7 Å². The number of nitrogens with zero attached hydrogens (tertiary/aromatic N) is 2. The summed E-state index contributed by atoms with van der Waals surface area (Å²) in [4.78, 5) is 16.5. The second-order valence-corrected chi connectivity index (χ2v) is 7.24. The molecule has 3 aromatic rings. The van der Waals surface area contributed by atoms with Crippen molar-refractivity contribution in [3.8, 4) is 17.2 Å². The van der Waals surface area contributed by atoms with Crippen molar-refractivity contribution in [3.63, 3.8) is 0 Å². The summed E-state index contributed by atoms with van der Waals surface area (Å²) in [6, 6.07) is 9.06. The summed E-state index contributed by atoms with van der Waals surface area (Å²) in [5.41, 5.74) is 8.73. The van der Waals surface area contributed by atoms with Crippen molar-refractivity contribution in [2.45, 2.75) is 0 Å². The molecule has 2 aromatic heterocycles. The number of thioether (sulfide) groups is 1. The van der Waals surface area contributed by atoms with E-state index in [1.165, 1.54) is 11.8 Å². The Labute approximate surface area is 157 Å². The third-order valence-electron chi connectivity index (χ3n) is 3.84. The number of amides is 1. The molecule has 8 heteroatoms. The fraction of sp³-hybridized carbons (Fsp3) is 0. The predicted octanol–water partition coefficient (Wildman–Crippen LogP) is 3.44. The molecular weight excluding hydrogens is 368 g/mol. The average Bonchev–Trinajstić information content (AvgIpc) is 3.17. The topological polar surface area (TPSA) is 105 Å². The lowest BCUT2D eigenvalue weighted by atomic mass is 10.0. The van der Waals surface area contributed by atoms with Crippen LogP contribution < -0.4 is 11.1 Å². The summed E-state index contributed by atoms with van der Waals surface area (Å²) in [6.45, 7) is 0. The highest BCUT2D eigenvalue weighted by molar-refractivity contribution is 8.26. The van der Waals surface area contributed by atoms with Crippen molar-refractivity contribution in [1.29, 1.82) is 5.26 Å². The first-order chi connectivity index (χ1) is 12.5. The van der Waals surface area contributed by atoms with Crippen LogP contribution in [0.25, 0.3) is 28.2 Å². The summed E-state index contributed by atoms with van der Waals surface area (Å²) >= 11 is 6.18. The standard InChI is InChI=1S/C18H10N4O2S2/c19-6-10-3-9(1-2-14(10)20)13-8-21-7-11-4-12(24-16(11)13)5-15-17(23)22-18(25)26-15/h1-5,7-8H,20H2,(H,22,23,25). The van der Waals surface area contributed by atoms with Gasteiger partial charge in [-0.15, -0.1) is 0 Å². The first kappa shape index (κ1) is 16.3. The molecule has 1 amide bonds. The molecule has 6 nitrogen and oxygen atoms in total. The molecule has 3 heterocycles. The van der Waals surface area contributed by atoms with Crippen LogP contribution in [0, 0.1) is 11.3 Å². The van der Waals surface area contributed by atoms with Crippen LogP contribution in [0.2, 0.25) is 0 Å². The number of nitriles is 1. The minimum Gasteiger partial charge on any atom is -0.456 e. The summed E-state index contributed by atoms with van der Waals surface area (Å²) in [7, 11) is 0. The zero-order valence-corrected chi connectivity index (χ0v) is 14.8. The number of fused-ring (bicyclic) bond motifs is 1. The molecular formula is C18H10N4O2S2. The van der Waals surface area contributed by atoms with Crippen LogP contribution in [0.15, 0.2) is 46.0 Å². The van der Waals surface area contributed by atoms with Gasteiger partial charge in [0.2, 0.25) is 0 Å². The monoisotopic (exact) mass is 378 g/mol. The van der Waals surface area contributed by atoms with Crippen molar-refractivity contribution < 1.29 is 9.21 Å². The van der Waals surface area contributed by atoms with Crippen LogP contribution >= 0.6 is 24.0 Å². The number of nitrogens with two attached hydrogens (primary N) is 1. The van der Waals surface area contributed by atoms with Gasteiger partial charge < -0.3 is 15.5 Å². The second kappa shape index (κ2) is 6.29. The van der Waals surface area contributed by atoms with E-state index in [9.17, 15) is 10.1 Å². The summed E-state index contributed by atoms with van der Waals surface area (Å²) < 4.78 is 6.36. The van der Waals surface area contributed by atoms with Gasteiger partial charge in [0, 0.05) is 35.1 Å². The number of furan rings is 1. The van der Waals surface area contributed by atoms with Gasteiger partial charge in [0.25, 0.3) is 5.91 Å². The number of nitrogen functional groups attached to an aromatic ring is 1. The molecule has 0 bridgehead atoms. The van der Waals surface area contributed by atoms with E-state index >= 15 is 0 Å². The molecule has 126 valence electrons. The molecule has 0 aliphatic carbocycles. The third-order valence-corrected chi connectivity index (χ3v) is 5.00. The van der Waals surface area contributed by atoms with Gasteiger partial charge in [-0.25, -0.2) is 0 Å². The maximum Gasteiger partial charge on any atom is 0.263 e. The minimum atomic E-state index is -0.240. The quantitative estimate of drug-likeness (QED) is 0.400. The van der Waals surface area contributed by atoms with Gasteiger partial charge in [0.05, 0.1) is 10.5 Å². The Balaban J connectivity index is 1.82. The molecule has 4 rings (SSSR count). The maximum atomic E-state index is 11.8. The Morgan fingerprint density at radius 3 is 2.92 bits per heavy atom. The van der Waals surface area contributed by atoms with Gasteiger partial charge in [-0.05, 0) is 23.8 Å². The van der Waals surface area contributed by atoms with Crippen molar-refractivity contribution >= 4 is 56.9 Å². The van der Waals surface area contributed by atoms with Gasteiger partial charge in [-0.1, -0.05) is 30.0 Å². The zero-order chi connectivity index (χ0) is 18.3. The molecule has 1 aromatic carbocycles. The number of hydrogen-bond donors (Lipinski definition) is 2. The number of nitrogens with one attached hydrogen (secondary N) is 1. The predicted molar refractivity (Wildman–Crippen MR) is 105 cm³/mol. The average molecular weight is 378 g/mol. The molecule has 0 radical (unpaired) electrons. The van der Waals surface area contributed by atoms with Crippen LogP contribution in [-0.2, 0) is 4.79 Å². The van der Waals surface area contributed by atoms with E-state index in [0.717, 1.165) is 16.5 Å². The fourth-order valence-electron chi connectivity index (χ4n) is 2.63. The number of hydrogen-bond acceptors (Lipinski definition) is 7. The molecule has 26 heavy (non-hydrogen) atoms. The minimum absolute atomic E-state index is 0.240. The molecule has 1 fully saturated rings. The summed E-state index contributed by atoms with van der Waals surface area (Å²) in [5.74, 6) is 0.281. The Kier molecular flexibility index (Phi) is 3.95. The normalized spacial score (nSPS) is 15.4. The van der Waals surface area contributed by atoms with Crippen molar-refractivity contribution in [2.24, 2.45) is 0 Å². The van der Waals surface area contributed by atoms with Crippen LogP contribution in [0.5, 0.6) is 0 Å². The van der Waals surface area contributed by atoms with Crippen molar-refractivity contribution in [1.82, 2.24) is 10.3 Å². The number of thiocarbonyl (C=S) groups is 1. The molecule has 0 atom stereocenters. The van der Waals surface area contributed by atoms with Crippen LogP contribution in [0.4, 0.5) is 5.69 Å². The van der Waals surface area contributed by atoms with E-state index in [-0.39, 0.29) is 5.91 Å². The molecule has 1 aliphatic heterocycles. The van der Waals surface area contributed by atoms with Gasteiger partial charge in [-0.2, -0.15) is 5.26 Å². The van der Waals surface area contributed by atoms with Crippen LogP contribution in [-0.4, -0.2) is 15.2 Å². The smallest absolute Gasteiger partial charge is 0.263 e. The second-order valence-electron chi connectivity index (χ2n) is 5.52. The number of carbonyl (C=O) groups is 1. The van der Waals surface area contributed by atoms with Crippen LogP contribution in [0.1, 0.15) is 11.3 Å². The van der Waals surface area contributed by atoms with Gasteiger partial charge in [-0.3, -0.25) is 9.78 Å². The first-order valence-corrected chi connectivity index (χ1v) is 8.70. The van der Waals surface area contributed by atoms with Gasteiger partial charge in [0.15, 0.2) is 0 Å². The SMILES string of the molecule is N#Cc1cc(-c2cncc3cc(C=C4SC(=S)NC4=O)oc23)ccc1N. The fourth-order valence-corrected chi connectivity index (χ4v) is 3.65. The van der Waals surface area contributed by atoms with E-state index in [1.807, 2.05) is 6.07 Å². The molecule has 0 saturated carbocycles. The third kappa shape index (κ3) is 2.83. The number of pyridine rings is 1. The zero-order valence-electron chi connectivity index (χ0n) is 13.1. The summed E-state index contributed by atoms with van der Waals surface area (Å²) in [5, 5.41) is 12.5. The maximum absolute atomic E-state index is 11.8. The lowest BCUT2D eigenvalue weighted by Crippen LogP contribution is -2.17. The largest absolute Gasteiger partial charge is 0.456 e. The van der Waals surface area contributed by atoms with E-state index in [2.05, 4.69) is 16.4 Å². The lowest BCUT2D eigenvalue weighted by molar-refractivity contribution is -0.115. The number of anilines is 1. The highest BCUT2D eigenvalue weighted by Gasteiger charge is 2.23. The van der Waals surface area contributed by atoms with E-state index in [0.29, 0.717) is 31.8 Å². The van der Waals surface area contributed by atoms with Crippen molar-refractivity contribution in [3.05, 3.63) is 52.9 Å². The Bertz CT molecular complexity index is 1160. The number of aromatic nitrogens is 1. The first-order valence-electron chi connectivity index (χ1n) is 7.47. The molecule has 1 saturated heterocycles. The highest BCUT2D eigenvalue weighted by Crippen LogP contribution is 2.33. The lowest BCUT2D eigenvalue weighted by Gasteiger charge is -2.04. The van der Waals surface area contributed by atoms with Gasteiger partial charge >= 0.3 is 0 Å². The Morgan fingerprint density at radius 2 is 2.19 bits per heavy atom. The van der Waals surface area contributed by atoms with Crippen molar-refractivity contribution in [2.75, 3.05) is 5.73 Å². The number of carbonyl (C=O) groups excluding carboxylic acids is 1. The number of rotatable bonds is 2. The molecule has 0 unspecified atom stereocenters. The number of benzene rings is 1. The Hall–Kier alpha value is -3.15. The van der Waals surface area contributed by atoms with E-state index < -0.39 is 0 Å².